The first-order valence-electron chi connectivity index (χ1n) is 9.95. The Bertz CT molecular complexity index is 951. The summed E-state index contributed by atoms with van der Waals surface area (Å²) in [5, 5.41) is 14.7. The molecule has 32 heavy (non-hydrogen) atoms. The van der Waals surface area contributed by atoms with Crippen molar-refractivity contribution in [1.82, 2.24) is 10.3 Å². The zero-order valence-electron chi connectivity index (χ0n) is 18.2. The first-order chi connectivity index (χ1) is 15.1. The van der Waals surface area contributed by atoms with Crippen LogP contribution in [0.3, 0.4) is 0 Å². The van der Waals surface area contributed by atoms with Crippen molar-refractivity contribution in [2.24, 2.45) is 5.92 Å². The van der Waals surface area contributed by atoms with Crippen LogP contribution in [0.2, 0.25) is 0 Å². The molecule has 3 atom stereocenters. The summed E-state index contributed by atoms with van der Waals surface area (Å²) in [5.41, 5.74) is -0.356. The number of nitrogens with zero attached hydrogens (tertiary/aromatic N) is 1. The number of hydrogen-bond acceptors (Lipinski definition) is 7. The number of benzene rings is 1. The fourth-order valence-corrected chi connectivity index (χ4v) is 2.92. The summed E-state index contributed by atoms with van der Waals surface area (Å²) in [4.78, 5) is 39.3. The maximum atomic E-state index is 13.1. The molecule has 1 aromatic heterocycles. The summed E-state index contributed by atoms with van der Waals surface area (Å²) >= 11 is 0. The molecule has 172 valence electrons. The minimum atomic E-state index is -1.06. The molecule has 0 fully saturated rings. The molecular weight excluding hydrogens is 421 g/mol. The molecule has 2 amide bonds. The molecule has 10 heteroatoms. The lowest BCUT2D eigenvalue weighted by Gasteiger charge is -2.29. The van der Waals surface area contributed by atoms with Crippen molar-refractivity contribution in [3.63, 3.8) is 0 Å². The van der Waals surface area contributed by atoms with E-state index < -0.39 is 41.7 Å². The molecule has 0 spiro atoms. The number of carbonyl (C=O) groups is 3. The highest BCUT2D eigenvalue weighted by Crippen LogP contribution is 2.25. The minimum Gasteiger partial charge on any atom is -0.504 e. The maximum absolute atomic E-state index is 13.1. The van der Waals surface area contributed by atoms with Crippen molar-refractivity contribution in [2.45, 2.75) is 45.9 Å². The lowest BCUT2D eigenvalue weighted by atomic mass is 10.0. The zero-order chi connectivity index (χ0) is 23.8. The third-order valence-corrected chi connectivity index (χ3v) is 4.56. The molecule has 0 aliphatic rings. The van der Waals surface area contributed by atoms with Gasteiger partial charge in [0.15, 0.2) is 11.4 Å². The van der Waals surface area contributed by atoms with Crippen LogP contribution in [0.15, 0.2) is 36.5 Å². The third-order valence-electron chi connectivity index (χ3n) is 4.56. The first kappa shape index (κ1) is 24.6. The predicted octanol–water partition coefficient (Wildman–Crippen LogP) is 2.65. The predicted molar refractivity (Wildman–Crippen MR) is 114 cm³/mol. The summed E-state index contributed by atoms with van der Waals surface area (Å²) in [6, 6.07) is 5.75. The van der Waals surface area contributed by atoms with Gasteiger partial charge in [-0.05, 0) is 50.1 Å². The van der Waals surface area contributed by atoms with E-state index in [4.69, 9.17) is 9.47 Å². The second-order valence-corrected chi connectivity index (χ2v) is 7.44. The second-order valence-electron chi connectivity index (χ2n) is 7.44. The second kappa shape index (κ2) is 11.1. The van der Waals surface area contributed by atoms with Crippen LogP contribution < -0.4 is 15.4 Å². The number of anilines is 1. The fourth-order valence-electron chi connectivity index (χ4n) is 2.92. The molecule has 2 rings (SSSR count). The molecule has 0 aliphatic carbocycles. The number of esters is 1. The monoisotopic (exact) mass is 447 g/mol. The summed E-state index contributed by atoms with van der Waals surface area (Å²) in [6.07, 6.45) is 0.366. The molecule has 2 aromatic rings. The van der Waals surface area contributed by atoms with Gasteiger partial charge in [0.25, 0.3) is 5.91 Å². The van der Waals surface area contributed by atoms with E-state index in [1.54, 1.807) is 6.92 Å². The highest BCUT2D eigenvalue weighted by atomic mass is 19.1. The Morgan fingerprint density at radius 2 is 1.78 bits per heavy atom. The Morgan fingerprint density at radius 3 is 2.38 bits per heavy atom. The number of aromatic hydroxyl groups is 1. The zero-order valence-corrected chi connectivity index (χ0v) is 18.2. The van der Waals surface area contributed by atoms with Gasteiger partial charge in [0.05, 0.1) is 5.69 Å². The van der Waals surface area contributed by atoms with Crippen LogP contribution >= 0.6 is 0 Å². The number of nitrogens with one attached hydrogen (secondary N) is 2. The Kier molecular flexibility index (Phi) is 8.51. The molecule has 9 nitrogen and oxygen atoms in total. The highest BCUT2D eigenvalue weighted by Gasteiger charge is 2.29. The molecule has 0 saturated heterocycles. The van der Waals surface area contributed by atoms with Crippen molar-refractivity contribution in [3.05, 3.63) is 48.0 Å². The normalized spacial score (nSPS) is 13.6. The lowest BCUT2D eigenvalue weighted by molar-refractivity contribution is -0.155. The van der Waals surface area contributed by atoms with Crippen LogP contribution in [0.1, 0.15) is 38.2 Å². The average molecular weight is 447 g/mol. The van der Waals surface area contributed by atoms with Gasteiger partial charge in [-0.1, -0.05) is 13.8 Å². The van der Waals surface area contributed by atoms with Crippen molar-refractivity contribution in [1.29, 1.82) is 0 Å². The average Bonchev–Trinajstić information content (AvgIpc) is 2.74. The van der Waals surface area contributed by atoms with Crippen molar-refractivity contribution in [2.75, 3.05) is 5.32 Å². The minimum absolute atomic E-state index is 0.00159. The Labute approximate surface area is 184 Å². The number of aromatic nitrogens is 1. The Balaban J connectivity index is 2.02. The van der Waals surface area contributed by atoms with Crippen LogP contribution in [-0.2, 0) is 14.3 Å². The molecule has 1 heterocycles. The van der Waals surface area contributed by atoms with Gasteiger partial charge < -0.3 is 25.2 Å². The number of rotatable bonds is 10. The van der Waals surface area contributed by atoms with E-state index in [2.05, 4.69) is 15.6 Å². The van der Waals surface area contributed by atoms with E-state index in [0.29, 0.717) is 12.2 Å². The molecule has 0 radical (unpaired) electrons. The SMILES string of the molecule is CC(C)C(Oc1ccc(F)cc1)C(C)OC(=O)[C@H](C)NC(=O)c1nccc(NC=O)c1O. The van der Waals surface area contributed by atoms with Crippen molar-refractivity contribution >= 4 is 24.0 Å². The van der Waals surface area contributed by atoms with Gasteiger partial charge in [-0.2, -0.15) is 0 Å². The number of ether oxygens (including phenoxy) is 2. The molecular formula is C22H26FN3O6. The summed E-state index contributed by atoms with van der Waals surface area (Å²) in [5.74, 6) is -2.08. The molecule has 1 aromatic carbocycles. The van der Waals surface area contributed by atoms with Gasteiger partial charge in [-0.3, -0.25) is 9.59 Å². The van der Waals surface area contributed by atoms with Gasteiger partial charge in [0.2, 0.25) is 6.41 Å². The quantitative estimate of drug-likeness (QED) is 0.377. The number of carbonyl (C=O) groups excluding carboxylic acids is 3. The highest BCUT2D eigenvalue weighted by molar-refractivity contribution is 5.99. The van der Waals surface area contributed by atoms with Crippen LogP contribution in [0, 0.1) is 11.7 Å². The Hall–Kier alpha value is -3.69. The topological polar surface area (TPSA) is 127 Å². The largest absolute Gasteiger partial charge is 0.504 e. The summed E-state index contributed by atoms with van der Waals surface area (Å²) < 4.78 is 24.4. The van der Waals surface area contributed by atoms with Crippen LogP contribution in [0.25, 0.3) is 0 Å². The molecule has 0 saturated carbocycles. The van der Waals surface area contributed by atoms with E-state index in [1.807, 2.05) is 13.8 Å². The van der Waals surface area contributed by atoms with E-state index in [1.165, 1.54) is 43.5 Å². The summed E-state index contributed by atoms with van der Waals surface area (Å²) in [7, 11) is 0. The van der Waals surface area contributed by atoms with Crippen molar-refractivity contribution < 1.29 is 33.4 Å². The number of halogens is 1. The van der Waals surface area contributed by atoms with Gasteiger partial charge in [0, 0.05) is 6.20 Å². The molecule has 0 aliphatic heterocycles. The van der Waals surface area contributed by atoms with E-state index in [9.17, 15) is 23.9 Å². The first-order valence-corrected chi connectivity index (χ1v) is 9.95. The third kappa shape index (κ3) is 6.40. The fraction of sp³-hybridized carbons (Fsp3) is 0.364. The van der Waals surface area contributed by atoms with E-state index in [-0.39, 0.29) is 17.3 Å². The maximum Gasteiger partial charge on any atom is 0.328 e. The molecule has 0 bridgehead atoms. The van der Waals surface area contributed by atoms with Gasteiger partial charge >= 0.3 is 5.97 Å². The number of pyridine rings is 1. The van der Waals surface area contributed by atoms with E-state index in [0.717, 1.165) is 0 Å². The summed E-state index contributed by atoms with van der Waals surface area (Å²) in [6.45, 7) is 6.85. The van der Waals surface area contributed by atoms with Crippen molar-refractivity contribution in [3.8, 4) is 11.5 Å². The van der Waals surface area contributed by atoms with Crippen LogP contribution in [-0.4, -0.2) is 46.6 Å². The van der Waals surface area contributed by atoms with Crippen LogP contribution in [0.5, 0.6) is 11.5 Å². The number of hydrogen-bond donors (Lipinski definition) is 3. The van der Waals surface area contributed by atoms with Gasteiger partial charge in [-0.25, -0.2) is 14.2 Å². The lowest BCUT2D eigenvalue weighted by Crippen LogP contribution is -2.44. The molecule has 3 N–H and O–H groups in total. The molecule has 2 unspecified atom stereocenters. The van der Waals surface area contributed by atoms with E-state index >= 15 is 0 Å². The van der Waals surface area contributed by atoms with Gasteiger partial charge in [0.1, 0.15) is 29.8 Å². The number of amides is 2. The Morgan fingerprint density at radius 1 is 1.12 bits per heavy atom. The standard InChI is InChI=1S/C22H26FN3O6/c1-12(2)20(32-16-7-5-15(23)6-8-16)14(4)31-22(30)13(3)26-21(29)18-19(28)17(25-11-27)9-10-24-18/h5-14,20,28H,1-4H3,(H,26,29)(H,24,25,27)/t13-,14?,20?/m0/s1. The van der Waals surface area contributed by atoms with Gasteiger partial charge in [-0.15, -0.1) is 0 Å². The van der Waals surface area contributed by atoms with Crippen LogP contribution in [0.4, 0.5) is 10.1 Å². The smallest absolute Gasteiger partial charge is 0.328 e.